The lowest BCUT2D eigenvalue weighted by Gasteiger charge is -2.21. The van der Waals surface area contributed by atoms with Crippen LogP contribution < -0.4 is 10.2 Å². The van der Waals surface area contributed by atoms with Gasteiger partial charge in [-0.2, -0.15) is 0 Å². The average Bonchev–Trinajstić information content (AvgIpc) is 2.86. The first kappa shape index (κ1) is 21.7. The van der Waals surface area contributed by atoms with Gasteiger partial charge in [0.25, 0.3) is 0 Å². The Kier molecular flexibility index (Phi) is 7.71. The molecular formula is C20H32BNO5. The summed E-state index contributed by atoms with van der Waals surface area (Å²) in [4.78, 5) is 14.1. The first-order valence-corrected chi connectivity index (χ1v) is 9.70. The molecule has 7 heteroatoms. The van der Waals surface area contributed by atoms with Gasteiger partial charge in [0.15, 0.2) is 6.10 Å². The van der Waals surface area contributed by atoms with Gasteiger partial charge in [0, 0.05) is 6.61 Å². The SMILES string of the molecule is CCOC(=O)C(CC)Oc1ccc2c(c1)B(OCCCN(C)C)OC2(C)C. The van der Waals surface area contributed by atoms with Crippen LogP contribution in [0.15, 0.2) is 18.2 Å². The van der Waals surface area contributed by atoms with Crippen LogP contribution >= 0.6 is 0 Å². The molecule has 6 nitrogen and oxygen atoms in total. The van der Waals surface area contributed by atoms with Crippen LogP contribution in [0.1, 0.15) is 46.1 Å². The maximum absolute atomic E-state index is 12.0. The second-order valence-electron chi connectivity index (χ2n) is 7.50. The first-order chi connectivity index (χ1) is 12.8. The summed E-state index contributed by atoms with van der Waals surface area (Å²) in [6, 6.07) is 5.79. The number of ether oxygens (including phenoxy) is 2. The van der Waals surface area contributed by atoms with Crippen molar-refractivity contribution in [3.05, 3.63) is 23.8 Å². The van der Waals surface area contributed by atoms with E-state index in [1.54, 1.807) is 6.92 Å². The molecule has 0 aliphatic carbocycles. The number of carbonyl (C=O) groups is 1. The number of esters is 1. The highest BCUT2D eigenvalue weighted by molar-refractivity contribution is 6.63. The zero-order valence-electron chi connectivity index (χ0n) is 17.4. The summed E-state index contributed by atoms with van der Waals surface area (Å²) in [5.41, 5.74) is 1.61. The second-order valence-corrected chi connectivity index (χ2v) is 7.50. The lowest BCUT2D eigenvalue weighted by atomic mass is 9.77. The summed E-state index contributed by atoms with van der Waals surface area (Å²) in [5, 5.41) is 0. The third-order valence-electron chi connectivity index (χ3n) is 4.54. The van der Waals surface area contributed by atoms with Gasteiger partial charge in [-0.05, 0) is 77.4 Å². The smallest absolute Gasteiger partial charge is 0.479 e. The Bertz CT molecular complexity index is 635. The minimum absolute atomic E-state index is 0.339. The van der Waals surface area contributed by atoms with Gasteiger partial charge in [0.05, 0.1) is 12.2 Å². The number of nitrogens with zero attached hydrogens (tertiary/aromatic N) is 1. The Morgan fingerprint density at radius 1 is 1.30 bits per heavy atom. The van der Waals surface area contributed by atoms with Crippen LogP contribution in [0.25, 0.3) is 0 Å². The maximum Gasteiger partial charge on any atom is 0.495 e. The summed E-state index contributed by atoms with van der Waals surface area (Å²) < 4.78 is 23.1. The minimum Gasteiger partial charge on any atom is -0.479 e. The molecule has 0 saturated carbocycles. The van der Waals surface area contributed by atoms with E-state index in [4.69, 9.17) is 18.8 Å². The highest BCUT2D eigenvalue weighted by Gasteiger charge is 2.42. The second kappa shape index (κ2) is 9.58. The molecule has 0 fully saturated rings. The summed E-state index contributed by atoms with van der Waals surface area (Å²) in [5.74, 6) is 0.283. The van der Waals surface area contributed by atoms with Crippen molar-refractivity contribution < 1.29 is 23.6 Å². The van der Waals surface area contributed by atoms with Gasteiger partial charge >= 0.3 is 13.1 Å². The lowest BCUT2D eigenvalue weighted by Crippen LogP contribution is -2.34. The molecule has 0 amide bonds. The Morgan fingerprint density at radius 3 is 2.67 bits per heavy atom. The van der Waals surface area contributed by atoms with Gasteiger partial charge in [0.2, 0.25) is 0 Å². The van der Waals surface area contributed by atoms with Gasteiger partial charge in [-0.15, -0.1) is 0 Å². The van der Waals surface area contributed by atoms with Crippen LogP contribution in [-0.2, 0) is 24.4 Å². The van der Waals surface area contributed by atoms with E-state index < -0.39 is 18.8 Å². The molecule has 0 aromatic heterocycles. The quantitative estimate of drug-likeness (QED) is 0.354. The number of hydrogen-bond donors (Lipinski definition) is 0. The van der Waals surface area contributed by atoms with Gasteiger partial charge in [-0.1, -0.05) is 13.0 Å². The molecule has 1 unspecified atom stereocenters. The van der Waals surface area contributed by atoms with Crippen LogP contribution in [0.2, 0.25) is 0 Å². The normalized spacial score (nSPS) is 16.3. The fourth-order valence-corrected chi connectivity index (χ4v) is 3.14. The molecule has 1 atom stereocenters. The van der Waals surface area contributed by atoms with E-state index in [9.17, 15) is 4.79 Å². The highest BCUT2D eigenvalue weighted by Crippen LogP contribution is 2.32. The first-order valence-electron chi connectivity index (χ1n) is 9.70. The summed E-state index contributed by atoms with van der Waals surface area (Å²) in [6.45, 7) is 9.67. The average molecular weight is 377 g/mol. The molecule has 0 bridgehead atoms. The molecule has 27 heavy (non-hydrogen) atoms. The van der Waals surface area contributed by atoms with Crippen molar-refractivity contribution in [3.8, 4) is 5.75 Å². The summed E-state index contributed by atoms with van der Waals surface area (Å²) >= 11 is 0. The van der Waals surface area contributed by atoms with E-state index in [1.165, 1.54) is 0 Å². The molecule has 0 radical (unpaired) electrons. The van der Waals surface area contributed by atoms with Crippen molar-refractivity contribution in [1.82, 2.24) is 4.90 Å². The molecular weight excluding hydrogens is 345 g/mol. The molecule has 1 aliphatic heterocycles. The van der Waals surface area contributed by atoms with Crippen LogP contribution in [0, 0.1) is 0 Å². The zero-order valence-corrected chi connectivity index (χ0v) is 17.4. The maximum atomic E-state index is 12.0. The van der Waals surface area contributed by atoms with Crippen molar-refractivity contribution in [2.24, 2.45) is 0 Å². The van der Waals surface area contributed by atoms with E-state index in [0.29, 0.717) is 25.4 Å². The van der Waals surface area contributed by atoms with E-state index >= 15 is 0 Å². The van der Waals surface area contributed by atoms with Crippen LogP contribution in [0.4, 0.5) is 0 Å². The molecule has 1 aliphatic rings. The zero-order chi connectivity index (χ0) is 20.0. The number of rotatable bonds is 10. The minimum atomic E-state index is -0.613. The van der Waals surface area contributed by atoms with E-state index in [-0.39, 0.29) is 5.97 Å². The lowest BCUT2D eigenvalue weighted by molar-refractivity contribution is -0.151. The predicted octanol–water partition coefficient (Wildman–Crippen LogP) is 2.34. The van der Waals surface area contributed by atoms with E-state index in [0.717, 1.165) is 24.0 Å². The molecule has 0 saturated heterocycles. The molecule has 1 aromatic carbocycles. The van der Waals surface area contributed by atoms with Crippen LogP contribution in [0.5, 0.6) is 5.75 Å². The molecule has 0 spiro atoms. The van der Waals surface area contributed by atoms with Crippen molar-refractivity contribution in [2.45, 2.75) is 52.2 Å². The predicted molar refractivity (Wildman–Crippen MR) is 106 cm³/mol. The van der Waals surface area contributed by atoms with Crippen LogP contribution in [-0.4, -0.2) is 57.9 Å². The largest absolute Gasteiger partial charge is 0.495 e. The van der Waals surface area contributed by atoms with Crippen LogP contribution in [0.3, 0.4) is 0 Å². The van der Waals surface area contributed by atoms with Crippen molar-refractivity contribution in [2.75, 3.05) is 33.9 Å². The van der Waals surface area contributed by atoms with Crippen molar-refractivity contribution in [1.29, 1.82) is 0 Å². The van der Waals surface area contributed by atoms with Crippen molar-refractivity contribution in [3.63, 3.8) is 0 Å². The number of benzene rings is 1. The third kappa shape index (κ3) is 5.70. The summed E-state index contributed by atoms with van der Waals surface area (Å²) in [7, 11) is 3.66. The molecule has 1 aromatic rings. The molecule has 2 rings (SSSR count). The standard InChI is InChI=1S/C20H32BNO5/c1-7-18(19(23)24-8-2)26-15-10-11-16-17(14-15)21(27-20(16,3)4)25-13-9-12-22(5)6/h10-11,14,18H,7-9,12-13H2,1-6H3. The third-order valence-corrected chi connectivity index (χ3v) is 4.54. The number of fused-ring (bicyclic) bond motifs is 1. The Balaban J connectivity index is 2.11. The van der Waals surface area contributed by atoms with Gasteiger partial charge in [-0.25, -0.2) is 4.79 Å². The molecule has 150 valence electrons. The Hall–Kier alpha value is -1.57. The monoisotopic (exact) mass is 377 g/mol. The Labute approximate surface area is 163 Å². The Morgan fingerprint density at radius 2 is 2.04 bits per heavy atom. The molecule has 0 N–H and O–H groups in total. The van der Waals surface area contributed by atoms with Gasteiger partial charge < -0.3 is 23.7 Å². The fourth-order valence-electron chi connectivity index (χ4n) is 3.14. The summed E-state index contributed by atoms with van der Waals surface area (Å²) in [6.07, 6.45) is 0.861. The highest BCUT2D eigenvalue weighted by atomic mass is 16.6. The topological polar surface area (TPSA) is 57.2 Å². The van der Waals surface area contributed by atoms with E-state index in [1.807, 2.05) is 53.1 Å². The number of hydrogen-bond acceptors (Lipinski definition) is 6. The van der Waals surface area contributed by atoms with Crippen molar-refractivity contribution >= 4 is 18.6 Å². The molecule has 1 heterocycles. The van der Waals surface area contributed by atoms with Gasteiger partial charge in [0.1, 0.15) is 5.75 Å². The van der Waals surface area contributed by atoms with E-state index in [2.05, 4.69) is 4.90 Å². The van der Waals surface area contributed by atoms with Gasteiger partial charge in [-0.3, -0.25) is 0 Å². The number of carbonyl (C=O) groups excluding carboxylic acids is 1. The fraction of sp³-hybridized carbons (Fsp3) is 0.650.